The molecule has 1 saturated heterocycles. The van der Waals surface area contributed by atoms with Crippen LogP contribution >= 0.6 is 0 Å². The smallest absolute Gasteiger partial charge is 0.328 e. The zero-order chi connectivity index (χ0) is 17.8. The summed E-state index contributed by atoms with van der Waals surface area (Å²) < 4.78 is 19.1. The van der Waals surface area contributed by atoms with Gasteiger partial charge in [0.05, 0.1) is 12.1 Å². The van der Waals surface area contributed by atoms with Crippen molar-refractivity contribution in [1.29, 1.82) is 0 Å². The lowest BCUT2D eigenvalue weighted by Crippen LogP contribution is -2.24. The van der Waals surface area contributed by atoms with Gasteiger partial charge in [0.15, 0.2) is 0 Å². The molecule has 1 aliphatic rings. The van der Waals surface area contributed by atoms with Gasteiger partial charge in [-0.1, -0.05) is 30.3 Å². The first-order valence-electron chi connectivity index (χ1n) is 8.11. The highest BCUT2D eigenvalue weighted by Crippen LogP contribution is 2.24. The van der Waals surface area contributed by atoms with Crippen LogP contribution in [0.1, 0.15) is 18.9 Å². The molecule has 3 rings (SSSR count). The third-order valence-electron chi connectivity index (χ3n) is 3.96. The molecular weight excluding hydrogens is 323 g/mol. The summed E-state index contributed by atoms with van der Waals surface area (Å²) in [6.07, 6.45) is 0.562. The first-order chi connectivity index (χ1) is 12.0. The van der Waals surface area contributed by atoms with Gasteiger partial charge < -0.3 is 15.4 Å². The second-order valence-corrected chi connectivity index (χ2v) is 6.09. The summed E-state index contributed by atoms with van der Waals surface area (Å²) in [7, 11) is 0. The minimum atomic E-state index is -0.533. The summed E-state index contributed by atoms with van der Waals surface area (Å²) in [5.41, 5.74) is 1.47. The van der Waals surface area contributed by atoms with E-state index in [1.807, 2.05) is 37.3 Å². The van der Waals surface area contributed by atoms with Gasteiger partial charge in [-0.05, 0) is 30.7 Å². The van der Waals surface area contributed by atoms with Crippen molar-refractivity contribution in [3.63, 3.8) is 0 Å². The summed E-state index contributed by atoms with van der Waals surface area (Å²) in [6, 6.07) is 13.0. The SMILES string of the molecule is C[C@@H]1C[C@@H](Nc2ccc(F)c(NC(=O)Cc3ccccc3)c2)C(=O)O1. The molecule has 25 heavy (non-hydrogen) atoms. The predicted octanol–water partition coefficient (Wildman–Crippen LogP) is 3.12. The number of anilines is 2. The fourth-order valence-electron chi connectivity index (χ4n) is 2.76. The van der Waals surface area contributed by atoms with Crippen LogP contribution in [-0.2, 0) is 20.7 Å². The van der Waals surface area contributed by atoms with Crippen LogP contribution in [0.25, 0.3) is 0 Å². The fraction of sp³-hybridized carbons (Fsp3) is 0.263. The van der Waals surface area contributed by atoms with E-state index in [4.69, 9.17) is 4.74 Å². The molecule has 5 nitrogen and oxygen atoms in total. The molecule has 130 valence electrons. The summed E-state index contributed by atoms with van der Waals surface area (Å²) in [4.78, 5) is 23.8. The second-order valence-electron chi connectivity index (χ2n) is 6.09. The van der Waals surface area contributed by atoms with Crippen molar-refractivity contribution in [2.24, 2.45) is 0 Å². The van der Waals surface area contributed by atoms with Crippen molar-refractivity contribution in [1.82, 2.24) is 0 Å². The van der Waals surface area contributed by atoms with Gasteiger partial charge in [-0.2, -0.15) is 0 Å². The topological polar surface area (TPSA) is 67.4 Å². The molecule has 0 aliphatic carbocycles. The molecule has 2 N–H and O–H groups in total. The molecule has 2 aromatic rings. The first-order valence-corrected chi connectivity index (χ1v) is 8.11. The Labute approximate surface area is 145 Å². The number of ether oxygens (including phenoxy) is 1. The van der Waals surface area contributed by atoms with Gasteiger partial charge in [0.2, 0.25) is 5.91 Å². The molecule has 1 aliphatic heterocycles. The molecular formula is C19H19FN2O3. The van der Waals surface area contributed by atoms with Crippen molar-refractivity contribution in [3.8, 4) is 0 Å². The van der Waals surface area contributed by atoms with E-state index < -0.39 is 11.9 Å². The average Bonchev–Trinajstić information content (AvgIpc) is 2.89. The van der Waals surface area contributed by atoms with E-state index in [9.17, 15) is 14.0 Å². The van der Waals surface area contributed by atoms with Crippen molar-refractivity contribution in [2.45, 2.75) is 31.9 Å². The number of cyclic esters (lactones) is 1. The van der Waals surface area contributed by atoms with Crippen molar-refractivity contribution in [2.75, 3.05) is 10.6 Å². The van der Waals surface area contributed by atoms with Crippen LogP contribution in [0.3, 0.4) is 0 Å². The van der Waals surface area contributed by atoms with Crippen LogP contribution in [0.4, 0.5) is 15.8 Å². The van der Waals surface area contributed by atoms with Gasteiger partial charge in [0, 0.05) is 12.1 Å². The van der Waals surface area contributed by atoms with Crippen molar-refractivity contribution in [3.05, 3.63) is 59.9 Å². The number of hydrogen-bond acceptors (Lipinski definition) is 4. The summed E-state index contributed by atoms with van der Waals surface area (Å²) in [5.74, 6) is -1.17. The van der Waals surface area contributed by atoms with Gasteiger partial charge in [-0.3, -0.25) is 4.79 Å². The summed E-state index contributed by atoms with van der Waals surface area (Å²) in [5, 5.41) is 5.59. The Balaban J connectivity index is 1.67. The van der Waals surface area contributed by atoms with Crippen LogP contribution in [0.2, 0.25) is 0 Å². The zero-order valence-corrected chi connectivity index (χ0v) is 13.8. The Kier molecular flexibility index (Phi) is 4.97. The van der Waals surface area contributed by atoms with E-state index in [0.717, 1.165) is 5.56 Å². The number of carbonyl (C=O) groups is 2. The first kappa shape index (κ1) is 17.0. The standard InChI is InChI=1S/C19H19FN2O3/c1-12-9-17(19(24)25-12)21-14-7-8-15(20)16(11-14)22-18(23)10-13-5-3-2-4-6-13/h2-8,11-12,17,21H,9-10H2,1H3,(H,22,23)/t12-,17-/m1/s1. The molecule has 2 atom stereocenters. The Hall–Kier alpha value is -2.89. The third kappa shape index (κ3) is 4.35. The normalized spacial score (nSPS) is 19.4. The largest absolute Gasteiger partial charge is 0.461 e. The Morgan fingerprint density at radius 3 is 2.68 bits per heavy atom. The highest BCUT2D eigenvalue weighted by atomic mass is 19.1. The highest BCUT2D eigenvalue weighted by molar-refractivity contribution is 5.93. The minimum absolute atomic E-state index is 0.0744. The Morgan fingerprint density at radius 1 is 1.24 bits per heavy atom. The number of hydrogen-bond donors (Lipinski definition) is 2. The van der Waals surface area contributed by atoms with Crippen LogP contribution in [0, 0.1) is 5.82 Å². The summed E-state index contributed by atoms with van der Waals surface area (Å²) in [6.45, 7) is 1.82. The zero-order valence-electron chi connectivity index (χ0n) is 13.8. The summed E-state index contributed by atoms with van der Waals surface area (Å²) >= 11 is 0. The van der Waals surface area contributed by atoms with Crippen molar-refractivity contribution < 1.29 is 18.7 Å². The molecule has 0 bridgehead atoms. The van der Waals surface area contributed by atoms with Crippen LogP contribution in [-0.4, -0.2) is 24.0 Å². The van der Waals surface area contributed by atoms with E-state index in [-0.39, 0.29) is 30.1 Å². The fourth-order valence-corrected chi connectivity index (χ4v) is 2.76. The van der Waals surface area contributed by atoms with Crippen LogP contribution in [0.5, 0.6) is 0 Å². The number of amides is 1. The van der Waals surface area contributed by atoms with Gasteiger partial charge in [-0.15, -0.1) is 0 Å². The number of rotatable bonds is 5. The van der Waals surface area contributed by atoms with Crippen molar-refractivity contribution >= 4 is 23.3 Å². The maximum atomic E-state index is 14.0. The molecule has 6 heteroatoms. The predicted molar refractivity (Wildman–Crippen MR) is 92.8 cm³/mol. The number of carbonyl (C=O) groups excluding carboxylic acids is 2. The van der Waals surface area contributed by atoms with Gasteiger partial charge in [0.25, 0.3) is 0 Å². The van der Waals surface area contributed by atoms with E-state index in [1.54, 1.807) is 0 Å². The molecule has 1 amide bonds. The molecule has 0 saturated carbocycles. The molecule has 0 radical (unpaired) electrons. The molecule has 0 unspecified atom stereocenters. The number of halogens is 1. The van der Waals surface area contributed by atoms with Crippen LogP contribution < -0.4 is 10.6 Å². The lowest BCUT2D eigenvalue weighted by molar-refractivity contribution is -0.141. The van der Waals surface area contributed by atoms with Gasteiger partial charge >= 0.3 is 5.97 Å². The molecule has 0 spiro atoms. The highest BCUT2D eigenvalue weighted by Gasteiger charge is 2.31. The van der Waals surface area contributed by atoms with E-state index in [2.05, 4.69) is 10.6 Å². The monoisotopic (exact) mass is 342 g/mol. The quantitative estimate of drug-likeness (QED) is 0.819. The van der Waals surface area contributed by atoms with E-state index in [1.165, 1.54) is 18.2 Å². The number of benzene rings is 2. The average molecular weight is 342 g/mol. The molecule has 0 aromatic heterocycles. The Bertz CT molecular complexity index is 779. The van der Waals surface area contributed by atoms with Gasteiger partial charge in [-0.25, -0.2) is 9.18 Å². The van der Waals surface area contributed by atoms with Gasteiger partial charge in [0.1, 0.15) is 18.0 Å². The maximum Gasteiger partial charge on any atom is 0.328 e. The molecule has 1 heterocycles. The van der Waals surface area contributed by atoms with E-state index >= 15 is 0 Å². The van der Waals surface area contributed by atoms with E-state index in [0.29, 0.717) is 12.1 Å². The second kappa shape index (κ2) is 7.34. The lowest BCUT2D eigenvalue weighted by atomic mass is 10.1. The van der Waals surface area contributed by atoms with Crippen LogP contribution in [0.15, 0.2) is 48.5 Å². The third-order valence-corrected chi connectivity index (χ3v) is 3.96. The number of esters is 1. The number of nitrogens with one attached hydrogen (secondary N) is 2. The maximum absolute atomic E-state index is 14.0. The minimum Gasteiger partial charge on any atom is -0.461 e. The Morgan fingerprint density at radius 2 is 2.00 bits per heavy atom. The molecule has 1 fully saturated rings. The lowest BCUT2D eigenvalue weighted by Gasteiger charge is -2.13. The molecule has 2 aromatic carbocycles.